The largest absolute Gasteiger partial charge is 0.451 e. The molecule has 0 spiro atoms. The molecular weight excluding hydrogens is 333 g/mol. The highest BCUT2D eigenvalue weighted by molar-refractivity contribution is 6.30. The Morgan fingerprint density at radius 3 is 2.43 bits per heavy atom. The standard InChI is InChI=1S/C14H8ClF3N4O/c1-7-11-9(22-12(21-7)14(16,17)18)3-2-4-10(11)23-13-19-5-8(15)6-20-13/h2-6H,1H3. The van der Waals surface area contributed by atoms with E-state index < -0.39 is 12.0 Å². The van der Waals surface area contributed by atoms with Crippen LogP contribution in [0.25, 0.3) is 10.9 Å². The number of halogens is 4. The molecule has 0 unspecified atom stereocenters. The van der Waals surface area contributed by atoms with E-state index in [0.29, 0.717) is 10.4 Å². The van der Waals surface area contributed by atoms with Gasteiger partial charge in [0.2, 0.25) is 5.82 Å². The lowest BCUT2D eigenvalue weighted by molar-refractivity contribution is -0.144. The molecule has 3 rings (SSSR count). The second-order valence-corrected chi connectivity index (χ2v) is 5.00. The van der Waals surface area contributed by atoms with Crippen molar-refractivity contribution in [1.29, 1.82) is 0 Å². The average Bonchev–Trinajstić information content (AvgIpc) is 2.48. The van der Waals surface area contributed by atoms with Crippen LogP contribution in [0.1, 0.15) is 11.5 Å². The predicted molar refractivity (Wildman–Crippen MR) is 76.4 cm³/mol. The highest BCUT2D eigenvalue weighted by Crippen LogP contribution is 2.33. The monoisotopic (exact) mass is 340 g/mol. The third kappa shape index (κ3) is 3.16. The van der Waals surface area contributed by atoms with Gasteiger partial charge in [-0.15, -0.1) is 0 Å². The molecule has 0 amide bonds. The molecule has 118 valence electrons. The molecule has 0 aliphatic rings. The van der Waals surface area contributed by atoms with Crippen molar-refractivity contribution in [3.8, 4) is 11.8 Å². The number of aromatic nitrogens is 4. The van der Waals surface area contributed by atoms with E-state index in [-0.39, 0.29) is 23.0 Å². The fourth-order valence-corrected chi connectivity index (χ4v) is 2.09. The topological polar surface area (TPSA) is 60.8 Å². The molecule has 2 aromatic heterocycles. The molecule has 9 heteroatoms. The van der Waals surface area contributed by atoms with Crippen LogP contribution in [-0.2, 0) is 6.18 Å². The second-order valence-electron chi connectivity index (χ2n) is 4.57. The van der Waals surface area contributed by atoms with Crippen LogP contribution in [0.4, 0.5) is 13.2 Å². The molecule has 0 radical (unpaired) electrons. The Morgan fingerprint density at radius 2 is 1.78 bits per heavy atom. The molecule has 0 N–H and O–H groups in total. The van der Waals surface area contributed by atoms with Gasteiger partial charge in [-0.3, -0.25) is 0 Å². The first kappa shape index (κ1) is 15.4. The first-order valence-corrected chi connectivity index (χ1v) is 6.72. The molecule has 2 heterocycles. The van der Waals surface area contributed by atoms with Crippen molar-refractivity contribution >= 4 is 22.5 Å². The SMILES string of the molecule is Cc1nc(C(F)(F)F)nc2cccc(Oc3ncc(Cl)cn3)c12. The molecular formula is C14H8ClF3N4O. The number of rotatable bonds is 2. The summed E-state index contributed by atoms with van der Waals surface area (Å²) >= 11 is 5.69. The van der Waals surface area contributed by atoms with Gasteiger partial charge in [0.1, 0.15) is 5.75 Å². The van der Waals surface area contributed by atoms with E-state index in [2.05, 4.69) is 19.9 Å². The summed E-state index contributed by atoms with van der Waals surface area (Å²) in [5.74, 6) is -0.932. The quantitative estimate of drug-likeness (QED) is 0.700. The lowest BCUT2D eigenvalue weighted by Crippen LogP contribution is -2.12. The van der Waals surface area contributed by atoms with Crippen LogP contribution >= 0.6 is 11.6 Å². The van der Waals surface area contributed by atoms with E-state index in [1.165, 1.54) is 31.5 Å². The second kappa shape index (κ2) is 5.62. The Hall–Kier alpha value is -2.48. The van der Waals surface area contributed by atoms with Gasteiger partial charge in [-0.05, 0) is 19.1 Å². The first-order valence-electron chi connectivity index (χ1n) is 6.34. The summed E-state index contributed by atoms with van der Waals surface area (Å²) in [6.07, 6.45) is -1.92. The summed E-state index contributed by atoms with van der Waals surface area (Å²) < 4.78 is 43.9. The van der Waals surface area contributed by atoms with E-state index in [9.17, 15) is 13.2 Å². The molecule has 5 nitrogen and oxygen atoms in total. The minimum Gasteiger partial charge on any atom is -0.424 e. The van der Waals surface area contributed by atoms with Crippen molar-refractivity contribution in [3.05, 3.63) is 47.1 Å². The molecule has 0 atom stereocenters. The van der Waals surface area contributed by atoms with Crippen molar-refractivity contribution < 1.29 is 17.9 Å². The van der Waals surface area contributed by atoms with Crippen LogP contribution in [0.15, 0.2) is 30.6 Å². The molecule has 23 heavy (non-hydrogen) atoms. The maximum atomic E-state index is 12.8. The third-order valence-corrected chi connectivity index (χ3v) is 3.11. The number of benzene rings is 1. The highest BCUT2D eigenvalue weighted by Gasteiger charge is 2.35. The summed E-state index contributed by atoms with van der Waals surface area (Å²) in [5.41, 5.74) is 0.267. The van der Waals surface area contributed by atoms with Crippen LogP contribution in [0.3, 0.4) is 0 Å². The smallest absolute Gasteiger partial charge is 0.424 e. The lowest BCUT2D eigenvalue weighted by atomic mass is 10.1. The van der Waals surface area contributed by atoms with Gasteiger partial charge >= 0.3 is 12.2 Å². The van der Waals surface area contributed by atoms with E-state index in [4.69, 9.17) is 16.3 Å². The Balaban J connectivity index is 2.10. The zero-order valence-electron chi connectivity index (χ0n) is 11.6. The molecule has 0 fully saturated rings. The zero-order chi connectivity index (χ0) is 16.6. The summed E-state index contributed by atoms with van der Waals surface area (Å²) in [4.78, 5) is 14.8. The number of hydrogen-bond donors (Lipinski definition) is 0. The van der Waals surface area contributed by atoms with Crippen molar-refractivity contribution in [3.63, 3.8) is 0 Å². The van der Waals surface area contributed by atoms with E-state index in [1.807, 2.05) is 0 Å². The normalized spacial score (nSPS) is 11.7. The number of alkyl halides is 3. The molecule has 0 saturated carbocycles. The molecule has 0 saturated heterocycles. The maximum absolute atomic E-state index is 12.8. The van der Waals surface area contributed by atoms with Gasteiger partial charge in [0.25, 0.3) is 0 Å². The van der Waals surface area contributed by atoms with Crippen LogP contribution in [0.5, 0.6) is 11.8 Å². The summed E-state index contributed by atoms with van der Waals surface area (Å²) in [6.45, 7) is 1.45. The van der Waals surface area contributed by atoms with Gasteiger partial charge in [0.15, 0.2) is 0 Å². The van der Waals surface area contributed by atoms with Gasteiger partial charge < -0.3 is 4.74 Å². The van der Waals surface area contributed by atoms with Crippen molar-refractivity contribution in [2.75, 3.05) is 0 Å². The molecule has 0 aliphatic carbocycles. The molecule has 0 bridgehead atoms. The van der Waals surface area contributed by atoms with E-state index in [1.54, 1.807) is 6.07 Å². The van der Waals surface area contributed by atoms with Crippen LogP contribution in [-0.4, -0.2) is 19.9 Å². The zero-order valence-corrected chi connectivity index (χ0v) is 12.4. The van der Waals surface area contributed by atoms with Crippen LogP contribution < -0.4 is 4.74 Å². The lowest BCUT2D eigenvalue weighted by Gasteiger charge is -2.11. The third-order valence-electron chi connectivity index (χ3n) is 2.92. The minimum absolute atomic E-state index is 0.0150. The Bertz CT molecular complexity index is 868. The minimum atomic E-state index is -4.62. The van der Waals surface area contributed by atoms with Gasteiger partial charge in [-0.25, -0.2) is 19.9 Å². The summed E-state index contributed by atoms with van der Waals surface area (Å²) in [5, 5.41) is 0.698. The van der Waals surface area contributed by atoms with E-state index in [0.717, 1.165) is 0 Å². The Kier molecular flexibility index (Phi) is 3.77. The van der Waals surface area contributed by atoms with E-state index >= 15 is 0 Å². The maximum Gasteiger partial charge on any atom is 0.451 e. The summed E-state index contributed by atoms with van der Waals surface area (Å²) in [7, 11) is 0. The number of nitrogens with zero attached hydrogens (tertiary/aromatic N) is 4. The molecule has 0 aliphatic heterocycles. The van der Waals surface area contributed by atoms with Crippen LogP contribution in [0.2, 0.25) is 5.02 Å². The Labute approximate surface area is 133 Å². The number of hydrogen-bond acceptors (Lipinski definition) is 5. The van der Waals surface area contributed by atoms with Crippen LogP contribution in [0, 0.1) is 6.92 Å². The van der Waals surface area contributed by atoms with Gasteiger partial charge in [0.05, 0.1) is 34.0 Å². The first-order chi connectivity index (χ1) is 10.8. The average molecular weight is 341 g/mol. The van der Waals surface area contributed by atoms with Crippen molar-refractivity contribution in [2.24, 2.45) is 0 Å². The molecule has 1 aromatic carbocycles. The summed E-state index contributed by atoms with van der Waals surface area (Å²) in [6, 6.07) is 4.57. The fourth-order valence-electron chi connectivity index (χ4n) is 1.99. The van der Waals surface area contributed by atoms with Gasteiger partial charge in [0, 0.05) is 0 Å². The Morgan fingerprint density at radius 1 is 1.09 bits per heavy atom. The predicted octanol–water partition coefficient (Wildman–Crippen LogP) is 4.19. The molecule has 3 aromatic rings. The number of fused-ring (bicyclic) bond motifs is 1. The van der Waals surface area contributed by atoms with Crippen molar-refractivity contribution in [2.45, 2.75) is 13.1 Å². The number of ether oxygens (including phenoxy) is 1. The van der Waals surface area contributed by atoms with Crippen molar-refractivity contribution in [1.82, 2.24) is 19.9 Å². The fraction of sp³-hybridized carbons (Fsp3) is 0.143. The van der Waals surface area contributed by atoms with Gasteiger partial charge in [-0.2, -0.15) is 13.2 Å². The number of aryl methyl sites for hydroxylation is 1. The highest BCUT2D eigenvalue weighted by atomic mass is 35.5. The van der Waals surface area contributed by atoms with Gasteiger partial charge in [-0.1, -0.05) is 17.7 Å².